The highest BCUT2D eigenvalue weighted by Crippen LogP contribution is 2.22. The van der Waals surface area contributed by atoms with Crippen molar-refractivity contribution >= 4 is 27.3 Å². The van der Waals surface area contributed by atoms with Crippen molar-refractivity contribution in [2.24, 2.45) is 0 Å². The van der Waals surface area contributed by atoms with Gasteiger partial charge in [-0.2, -0.15) is 0 Å². The number of hydrogen-bond donors (Lipinski definition) is 2. The number of ether oxygens (including phenoxy) is 3. The Labute approximate surface area is 187 Å². The monoisotopic (exact) mass is 456 g/mol. The summed E-state index contributed by atoms with van der Waals surface area (Å²) < 4.78 is 43.5. The van der Waals surface area contributed by atoms with E-state index < -0.39 is 16.1 Å². The van der Waals surface area contributed by atoms with E-state index in [1.54, 1.807) is 62.6 Å². The average molecular weight is 457 g/mol. The Bertz CT molecular complexity index is 1160. The van der Waals surface area contributed by atoms with Crippen molar-refractivity contribution in [3.63, 3.8) is 0 Å². The first-order valence-corrected chi connectivity index (χ1v) is 11.2. The summed E-state index contributed by atoms with van der Waals surface area (Å²) in [7, 11) is -0.702. The van der Waals surface area contributed by atoms with E-state index >= 15 is 0 Å². The molecule has 0 aliphatic rings. The fourth-order valence-corrected chi connectivity index (χ4v) is 3.83. The summed E-state index contributed by atoms with van der Waals surface area (Å²) in [5.41, 5.74) is 0.853. The van der Waals surface area contributed by atoms with Crippen LogP contribution in [0.1, 0.15) is 6.92 Å². The Morgan fingerprint density at radius 1 is 0.812 bits per heavy atom. The molecule has 0 aliphatic heterocycles. The highest BCUT2D eigenvalue weighted by atomic mass is 32.2. The van der Waals surface area contributed by atoms with Gasteiger partial charge in [0.25, 0.3) is 15.9 Å². The topological polar surface area (TPSA) is 103 Å². The van der Waals surface area contributed by atoms with Gasteiger partial charge in [-0.3, -0.25) is 9.52 Å². The molecule has 0 saturated carbocycles. The number of carbonyl (C=O) groups is 1. The van der Waals surface area contributed by atoms with E-state index in [1.807, 2.05) is 0 Å². The molecule has 0 fully saturated rings. The number of nitrogens with one attached hydrogen (secondary N) is 2. The van der Waals surface area contributed by atoms with Crippen LogP contribution in [0, 0.1) is 0 Å². The molecule has 32 heavy (non-hydrogen) atoms. The zero-order valence-corrected chi connectivity index (χ0v) is 18.7. The maximum absolute atomic E-state index is 12.6. The lowest BCUT2D eigenvalue weighted by atomic mass is 10.3. The molecule has 0 bridgehead atoms. The molecule has 0 aliphatic carbocycles. The third kappa shape index (κ3) is 5.92. The predicted molar refractivity (Wildman–Crippen MR) is 122 cm³/mol. The van der Waals surface area contributed by atoms with E-state index in [-0.39, 0.29) is 10.8 Å². The first-order chi connectivity index (χ1) is 15.3. The van der Waals surface area contributed by atoms with Crippen LogP contribution < -0.4 is 24.2 Å². The summed E-state index contributed by atoms with van der Waals surface area (Å²) in [6, 6.07) is 19.3. The van der Waals surface area contributed by atoms with Gasteiger partial charge in [-0.05, 0) is 67.6 Å². The molecule has 1 amide bonds. The van der Waals surface area contributed by atoms with Crippen molar-refractivity contribution in [2.45, 2.75) is 17.9 Å². The minimum absolute atomic E-state index is 0.0620. The quantitative estimate of drug-likeness (QED) is 0.506. The van der Waals surface area contributed by atoms with Gasteiger partial charge < -0.3 is 19.5 Å². The van der Waals surface area contributed by atoms with E-state index in [0.29, 0.717) is 28.6 Å². The fraction of sp³-hybridized carbons (Fsp3) is 0.174. The minimum Gasteiger partial charge on any atom is -0.497 e. The standard InChI is InChI=1S/C23H24N2O6S/c1-16(31-21-6-4-5-20(15-21)30-3)23(26)24-17-9-13-22(14-10-17)32(27,28)25-18-7-11-19(29-2)12-8-18/h4-16,25H,1-3H3,(H,24,26)/t16-/m1/s1. The summed E-state index contributed by atoms with van der Waals surface area (Å²) in [4.78, 5) is 12.5. The number of sulfonamides is 1. The summed E-state index contributed by atoms with van der Waals surface area (Å²) in [5.74, 6) is 1.37. The summed E-state index contributed by atoms with van der Waals surface area (Å²) in [6.45, 7) is 1.62. The van der Waals surface area contributed by atoms with Crippen molar-refractivity contribution in [1.29, 1.82) is 0 Å². The second-order valence-electron chi connectivity index (χ2n) is 6.79. The van der Waals surface area contributed by atoms with E-state index in [4.69, 9.17) is 14.2 Å². The Balaban J connectivity index is 1.61. The zero-order chi connectivity index (χ0) is 23.1. The van der Waals surface area contributed by atoms with Gasteiger partial charge in [-0.15, -0.1) is 0 Å². The molecule has 3 aromatic rings. The lowest BCUT2D eigenvalue weighted by Crippen LogP contribution is -2.30. The van der Waals surface area contributed by atoms with Crippen molar-refractivity contribution in [3.8, 4) is 17.2 Å². The molecule has 0 spiro atoms. The van der Waals surface area contributed by atoms with Gasteiger partial charge in [-0.25, -0.2) is 8.42 Å². The maximum atomic E-state index is 12.6. The first kappa shape index (κ1) is 23.0. The molecule has 0 aromatic heterocycles. The lowest BCUT2D eigenvalue weighted by molar-refractivity contribution is -0.122. The Morgan fingerprint density at radius 2 is 1.41 bits per heavy atom. The third-order valence-corrected chi connectivity index (χ3v) is 5.89. The van der Waals surface area contributed by atoms with Crippen LogP contribution in [0.15, 0.2) is 77.7 Å². The third-order valence-electron chi connectivity index (χ3n) is 4.50. The molecule has 9 heteroatoms. The van der Waals surface area contributed by atoms with Crippen molar-refractivity contribution < 1.29 is 27.4 Å². The molecule has 168 valence electrons. The maximum Gasteiger partial charge on any atom is 0.265 e. The molecular formula is C23H24N2O6S. The summed E-state index contributed by atoms with van der Waals surface area (Å²) in [6.07, 6.45) is -0.776. The van der Waals surface area contributed by atoms with Crippen LogP contribution in [0.4, 0.5) is 11.4 Å². The van der Waals surface area contributed by atoms with Gasteiger partial charge in [0.2, 0.25) is 0 Å². The Morgan fingerprint density at radius 3 is 2.03 bits per heavy atom. The van der Waals surface area contributed by atoms with Gasteiger partial charge >= 0.3 is 0 Å². The summed E-state index contributed by atoms with van der Waals surface area (Å²) in [5, 5.41) is 2.71. The average Bonchev–Trinajstić information content (AvgIpc) is 2.79. The molecule has 3 aromatic carbocycles. The Kier molecular flexibility index (Phi) is 7.21. The second kappa shape index (κ2) is 10.1. The highest BCUT2D eigenvalue weighted by molar-refractivity contribution is 7.92. The number of anilines is 2. The SMILES string of the molecule is COc1ccc(NS(=O)(=O)c2ccc(NC(=O)[C@@H](C)Oc3cccc(OC)c3)cc2)cc1. The van der Waals surface area contributed by atoms with Gasteiger partial charge in [0.05, 0.1) is 19.1 Å². The van der Waals surface area contributed by atoms with Crippen LogP contribution in [-0.2, 0) is 14.8 Å². The molecule has 1 atom stereocenters. The number of rotatable bonds is 9. The van der Waals surface area contributed by atoms with Crippen LogP contribution in [0.25, 0.3) is 0 Å². The van der Waals surface area contributed by atoms with E-state index in [0.717, 1.165) is 0 Å². The largest absolute Gasteiger partial charge is 0.497 e. The fourth-order valence-electron chi connectivity index (χ4n) is 2.77. The van der Waals surface area contributed by atoms with E-state index in [2.05, 4.69) is 10.0 Å². The van der Waals surface area contributed by atoms with Gasteiger partial charge in [0.1, 0.15) is 17.2 Å². The summed E-state index contributed by atoms with van der Waals surface area (Å²) >= 11 is 0. The van der Waals surface area contributed by atoms with Crippen LogP contribution in [-0.4, -0.2) is 34.6 Å². The molecule has 3 rings (SSSR count). The normalized spacial score (nSPS) is 11.8. The molecule has 2 N–H and O–H groups in total. The smallest absolute Gasteiger partial charge is 0.265 e. The molecule has 0 heterocycles. The number of amides is 1. The molecule has 8 nitrogen and oxygen atoms in total. The van der Waals surface area contributed by atoms with Crippen molar-refractivity contribution in [2.75, 3.05) is 24.3 Å². The Hall–Kier alpha value is -3.72. The molecule has 0 radical (unpaired) electrons. The van der Waals surface area contributed by atoms with E-state index in [1.165, 1.54) is 31.4 Å². The number of benzene rings is 3. The van der Waals surface area contributed by atoms with Crippen molar-refractivity contribution in [3.05, 3.63) is 72.8 Å². The van der Waals surface area contributed by atoms with Gasteiger partial charge in [0.15, 0.2) is 6.10 Å². The van der Waals surface area contributed by atoms with E-state index in [9.17, 15) is 13.2 Å². The zero-order valence-electron chi connectivity index (χ0n) is 17.9. The highest BCUT2D eigenvalue weighted by Gasteiger charge is 2.17. The van der Waals surface area contributed by atoms with Gasteiger partial charge in [0, 0.05) is 17.4 Å². The van der Waals surface area contributed by atoms with Crippen LogP contribution in [0.2, 0.25) is 0 Å². The molecular weight excluding hydrogens is 432 g/mol. The van der Waals surface area contributed by atoms with Crippen LogP contribution >= 0.6 is 0 Å². The molecule has 0 saturated heterocycles. The number of carbonyl (C=O) groups excluding carboxylic acids is 1. The number of hydrogen-bond acceptors (Lipinski definition) is 6. The minimum atomic E-state index is -3.78. The predicted octanol–water partition coefficient (Wildman–Crippen LogP) is 3.91. The van der Waals surface area contributed by atoms with Crippen molar-refractivity contribution in [1.82, 2.24) is 0 Å². The van der Waals surface area contributed by atoms with Gasteiger partial charge in [-0.1, -0.05) is 6.07 Å². The first-order valence-electron chi connectivity index (χ1n) is 9.69. The molecule has 0 unspecified atom stereocenters. The second-order valence-corrected chi connectivity index (χ2v) is 8.47. The van der Waals surface area contributed by atoms with Crippen LogP contribution in [0.3, 0.4) is 0 Å². The number of methoxy groups -OCH3 is 2. The lowest BCUT2D eigenvalue weighted by Gasteiger charge is -2.15. The van der Waals surface area contributed by atoms with Crippen LogP contribution in [0.5, 0.6) is 17.2 Å².